The first-order chi connectivity index (χ1) is 19.9. The average Bonchev–Trinajstić information content (AvgIpc) is 3.39. The van der Waals surface area contributed by atoms with Crippen LogP contribution in [-0.4, -0.2) is 89.8 Å². The maximum absolute atomic E-state index is 13.9. The van der Waals surface area contributed by atoms with Gasteiger partial charge in [0, 0.05) is 56.7 Å². The van der Waals surface area contributed by atoms with E-state index >= 15 is 0 Å². The number of hydrogen-bond acceptors (Lipinski definition) is 10. The smallest absolute Gasteiger partial charge is 0.230 e. The van der Waals surface area contributed by atoms with Crippen molar-refractivity contribution in [2.24, 2.45) is 0 Å². The van der Waals surface area contributed by atoms with Crippen LogP contribution in [-0.2, 0) is 16.0 Å². The number of nitrogens with one attached hydrogen (secondary N) is 3. The predicted octanol–water partition coefficient (Wildman–Crippen LogP) is 2.88. The molecule has 1 amide bonds. The lowest BCUT2D eigenvalue weighted by Crippen LogP contribution is -2.33. The van der Waals surface area contributed by atoms with Gasteiger partial charge in [-0.1, -0.05) is 0 Å². The topological polar surface area (TPSA) is 147 Å². The van der Waals surface area contributed by atoms with Crippen LogP contribution >= 0.6 is 0 Å². The quantitative estimate of drug-likeness (QED) is 0.168. The van der Waals surface area contributed by atoms with Crippen LogP contribution in [0.4, 0.5) is 26.1 Å². The van der Waals surface area contributed by atoms with Crippen LogP contribution in [0.15, 0.2) is 42.7 Å². The first-order valence-electron chi connectivity index (χ1n) is 12.7. The zero-order valence-electron chi connectivity index (χ0n) is 22.6. The van der Waals surface area contributed by atoms with E-state index in [0.717, 1.165) is 12.1 Å². The van der Waals surface area contributed by atoms with Crippen LogP contribution in [0.3, 0.4) is 0 Å². The highest BCUT2D eigenvalue weighted by Crippen LogP contribution is 2.35. The summed E-state index contributed by atoms with van der Waals surface area (Å²) in [6.45, 7) is 2.54. The molecule has 2 aromatic heterocycles. The summed E-state index contributed by atoms with van der Waals surface area (Å²) in [5.74, 6) is -0.302. The summed E-state index contributed by atoms with van der Waals surface area (Å²) >= 11 is 0. The number of aliphatic hydroxyl groups excluding tert-OH is 1. The van der Waals surface area contributed by atoms with Crippen molar-refractivity contribution in [3.05, 3.63) is 60.1 Å². The second-order valence-corrected chi connectivity index (χ2v) is 8.90. The molecule has 0 aliphatic carbocycles. The van der Waals surface area contributed by atoms with Crippen molar-refractivity contribution in [1.29, 1.82) is 0 Å². The minimum absolute atomic E-state index is 0.0180. The summed E-state index contributed by atoms with van der Waals surface area (Å²) in [4.78, 5) is 23.1. The number of anilines is 3. The van der Waals surface area contributed by atoms with Gasteiger partial charge in [-0.05, 0) is 12.1 Å². The van der Waals surface area contributed by atoms with E-state index in [2.05, 4.69) is 30.8 Å². The van der Waals surface area contributed by atoms with E-state index in [4.69, 9.17) is 14.2 Å². The first kappa shape index (κ1) is 29.6. The standard InChI is InChI=1S/C27H31F2N7O5/c1-39-9-6-36(5-8-37)7-10-41-23-15-19(40-2)14-22-26(23)27(31-16-30-22)33-24-12-18(34-35-24)13-25(38)32-21-4-3-17(28)11-20(21)29/h3-4,11-12,14-16,37H,5-10,13H2,1-2H3,(H,32,38)(H2,30,31,33,34,35). The number of carbonyl (C=O) groups is 1. The normalized spacial score (nSPS) is 11.2. The number of methoxy groups -OCH3 is 2. The molecule has 0 spiro atoms. The van der Waals surface area contributed by atoms with Gasteiger partial charge in [0.25, 0.3) is 0 Å². The summed E-state index contributed by atoms with van der Waals surface area (Å²) in [5.41, 5.74) is 0.895. The molecule has 2 aromatic carbocycles. The summed E-state index contributed by atoms with van der Waals surface area (Å²) in [5, 5.41) is 22.4. The third-order valence-corrected chi connectivity index (χ3v) is 6.04. The molecule has 0 radical (unpaired) electrons. The largest absolute Gasteiger partial charge is 0.497 e. The van der Waals surface area contributed by atoms with Crippen molar-refractivity contribution in [1.82, 2.24) is 25.1 Å². The van der Waals surface area contributed by atoms with E-state index in [1.807, 2.05) is 4.90 Å². The summed E-state index contributed by atoms with van der Waals surface area (Å²) in [6, 6.07) is 8.00. The number of carbonyl (C=O) groups excluding carboxylic acids is 1. The Morgan fingerprint density at radius 2 is 1.90 bits per heavy atom. The van der Waals surface area contributed by atoms with Gasteiger partial charge in [0.15, 0.2) is 5.82 Å². The lowest BCUT2D eigenvalue weighted by Gasteiger charge is -2.21. The molecule has 4 N–H and O–H groups in total. The number of halogens is 2. The third-order valence-electron chi connectivity index (χ3n) is 6.04. The van der Waals surface area contributed by atoms with E-state index in [9.17, 15) is 18.7 Å². The molecule has 218 valence electrons. The number of fused-ring (bicyclic) bond motifs is 1. The summed E-state index contributed by atoms with van der Waals surface area (Å²) in [7, 11) is 3.17. The van der Waals surface area contributed by atoms with Crippen molar-refractivity contribution >= 4 is 34.1 Å². The molecule has 0 bridgehead atoms. The number of rotatable bonds is 15. The zero-order valence-corrected chi connectivity index (χ0v) is 22.6. The molecule has 12 nitrogen and oxygen atoms in total. The average molecular weight is 572 g/mol. The molecule has 0 saturated heterocycles. The summed E-state index contributed by atoms with van der Waals surface area (Å²) < 4.78 is 43.7. The van der Waals surface area contributed by atoms with E-state index in [0.29, 0.717) is 78.6 Å². The second-order valence-electron chi connectivity index (χ2n) is 8.90. The highest BCUT2D eigenvalue weighted by molar-refractivity contribution is 5.96. The molecule has 0 aliphatic rings. The number of nitrogens with zero attached hydrogens (tertiary/aromatic N) is 4. The van der Waals surface area contributed by atoms with Gasteiger partial charge < -0.3 is 30.0 Å². The number of aromatic nitrogens is 4. The number of benzene rings is 2. The molecule has 0 atom stereocenters. The van der Waals surface area contributed by atoms with Crippen molar-refractivity contribution in [2.45, 2.75) is 6.42 Å². The lowest BCUT2D eigenvalue weighted by atomic mass is 10.2. The van der Waals surface area contributed by atoms with Gasteiger partial charge in [0.1, 0.15) is 41.9 Å². The van der Waals surface area contributed by atoms with E-state index in [-0.39, 0.29) is 18.7 Å². The van der Waals surface area contributed by atoms with Crippen LogP contribution in [0.1, 0.15) is 5.69 Å². The lowest BCUT2D eigenvalue weighted by molar-refractivity contribution is -0.115. The maximum Gasteiger partial charge on any atom is 0.230 e. The van der Waals surface area contributed by atoms with E-state index < -0.39 is 17.5 Å². The number of hydrogen-bond donors (Lipinski definition) is 4. The van der Waals surface area contributed by atoms with Crippen LogP contribution in [0.2, 0.25) is 0 Å². The SMILES string of the molecule is COCCN(CCO)CCOc1cc(OC)cc2ncnc(Nc3cc(CC(=O)Nc4ccc(F)cc4F)[nH]n3)c12. The Morgan fingerprint density at radius 1 is 1.07 bits per heavy atom. The molecule has 0 saturated carbocycles. The highest BCUT2D eigenvalue weighted by atomic mass is 19.1. The van der Waals surface area contributed by atoms with Gasteiger partial charge >= 0.3 is 0 Å². The zero-order chi connectivity index (χ0) is 29.2. The van der Waals surface area contributed by atoms with Gasteiger partial charge in [0.05, 0.1) is 43.3 Å². The van der Waals surface area contributed by atoms with Gasteiger partial charge in [-0.3, -0.25) is 14.8 Å². The van der Waals surface area contributed by atoms with Gasteiger partial charge in [-0.15, -0.1) is 0 Å². The number of ether oxygens (including phenoxy) is 3. The molecule has 4 aromatic rings. The second kappa shape index (κ2) is 14.3. The Balaban J connectivity index is 1.48. The number of aromatic amines is 1. The fraction of sp³-hybridized carbons (Fsp3) is 0.333. The van der Waals surface area contributed by atoms with Crippen LogP contribution in [0.25, 0.3) is 10.9 Å². The van der Waals surface area contributed by atoms with Crippen molar-refractivity contribution < 1.29 is 32.9 Å². The van der Waals surface area contributed by atoms with Crippen molar-refractivity contribution in [3.63, 3.8) is 0 Å². The van der Waals surface area contributed by atoms with Gasteiger partial charge in [-0.2, -0.15) is 5.10 Å². The van der Waals surface area contributed by atoms with Crippen LogP contribution in [0.5, 0.6) is 11.5 Å². The van der Waals surface area contributed by atoms with Gasteiger partial charge in [-0.25, -0.2) is 18.7 Å². The fourth-order valence-electron chi connectivity index (χ4n) is 4.03. The minimum Gasteiger partial charge on any atom is -0.497 e. The number of aliphatic hydroxyl groups is 1. The minimum atomic E-state index is -0.869. The molecular weight excluding hydrogens is 540 g/mol. The Morgan fingerprint density at radius 3 is 2.66 bits per heavy atom. The molecule has 0 fully saturated rings. The first-order valence-corrected chi connectivity index (χ1v) is 12.7. The molecule has 4 rings (SSSR count). The monoisotopic (exact) mass is 571 g/mol. The Kier molecular flexibility index (Phi) is 10.3. The van der Waals surface area contributed by atoms with Crippen LogP contribution in [0, 0.1) is 11.6 Å². The molecule has 2 heterocycles. The molecule has 14 heteroatoms. The number of H-pyrrole nitrogens is 1. The molecule has 0 unspecified atom stereocenters. The third kappa shape index (κ3) is 8.06. The number of amides is 1. The van der Waals surface area contributed by atoms with Gasteiger partial charge in [0.2, 0.25) is 5.91 Å². The molecule has 41 heavy (non-hydrogen) atoms. The predicted molar refractivity (Wildman–Crippen MR) is 148 cm³/mol. The fourth-order valence-corrected chi connectivity index (χ4v) is 4.03. The highest BCUT2D eigenvalue weighted by Gasteiger charge is 2.16. The molecule has 0 aliphatic heterocycles. The van der Waals surface area contributed by atoms with Crippen LogP contribution < -0.4 is 20.1 Å². The maximum atomic E-state index is 13.9. The van der Waals surface area contributed by atoms with E-state index in [1.54, 1.807) is 32.4 Å². The summed E-state index contributed by atoms with van der Waals surface area (Å²) in [6.07, 6.45) is 1.26. The van der Waals surface area contributed by atoms with Crippen molar-refractivity contribution in [3.8, 4) is 11.5 Å². The Bertz CT molecular complexity index is 1470. The molecular formula is C27H31F2N7O5. The van der Waals surface area contributed by atoms with E-state index in [1.165, 1.54) is 6.33 Å². The Labute approximate surface area is 234 Å². The van der Waals surface area contributed by atoms with Crippen molar-refractivity contribution in [2.75, 3.05) is 64.3 Å². The Hall–Kier alpha value is -4.40.